The van der Waals surface area contributed by atoms with Gasteiger partial charge in [0, 0.05) is 16.3 Å². The van der Waals surface area contributed by atoms with Gasteiger partial charge < -0.3 is 5.11 Å². The molecule has 0 amide bonds. The molecule has 0 spiro atoms. The van der Waals surface area contributed by atoms with Gasteiger partial charge in [0.25, 0.3) is 0 Å². The fourth-order valence-electron chi connectivity index (χ4n) is 0.889. The van der Waals surface area contributed by atoms with Gasteiger partial charge in [-0.05, 0) is 39.0 Å². The van der Waals surface area contributed by atoms with Crippen LogP contribution in [0.2, 0.25) is 0 Å². The zero-order valence-corrected chi connectivity index (χ0v) is 11.8. The highest BCUT2D eigenvalue weighted by atomic mass is 79.9. The Morgan fingerprint density at radius 1 is 1.44 bits per heavy atom. The Morgan fingerprint density at radius 3 is 2.56 bits per heavy atom. The van der Waals surface area contributed by atoms with Crippen LogP contribution in [0, 0.1) is 0 Å². The number of benzene rings is 1. The molecule has 0 fully saturated rings. The fraction of sp³-hybridized carbons (Fsp3) is 0.364. The third-order valence-corrected chi connectivity index (χ3v) is 3.64. The van der Waals surface area contributed by atoms with E-state index in [2.05, 4.69) is 20.3 Å². The van der Waals surface area contributed by atoms with Crippen LogP contribution >= 0.6 is 15.9 Å². The number of halogens is 1. The molecule has 1 aromatic rings. The molecule has 0 saturated heterocycles. The first kappa shape index (κ1) is 13.4. The molecule has 16 heavy (non-hydrogen) atoms. The maximum atomic E-state index is 11.6. The highest BCUT2D eigenvalue weighted by Gasteiger charge is 2.18. The maximum Gasteiger partial charge on any atom is 0.144 e. The molecule has 0 saturated carbocycles. The second kappa shape index (κ2) is 5.10. The minimum atomic E-state index is -1.30. The van der Waals surface area contributed by atoms with Crippen molar-refractivity contribution in [2.24, 2.45) is 4.40 Å². The largest absolute Gasteiger partial charge is 0.507 e. The van der Waals surface area contributed by atoms with E-state index >= 15 is 0 Å². The predicted octanol–water partition coefficient (Wildman–Crippen LogP) is 3.04. The smallest absolute Gasteiger partial charge is 0.144 e. The van der Waals surface area contributed by atoms with Crippen molar-refractivity contribution in [3.63, 3.8) is 0 Å². The van der Waals surface area contributed by atoms with Crippen LogP contribution in [0.3, 0.4) is 0 Å². The second-order valence-corrected chi connectivity index (χ2v) is 7.15. The molecular weight excluding hydrogens is 290 g/mol. The molecule has 0 heterocycles. The number of aromatic hydroxyl groups is 1. The van der Waals surface area contributed by atoms with Crippen molar-refractivity contribution < 1.29 is 9.32 Å². The molecule has 0 unspecified atom stereocenters. The van der Waals surface area contributed by atoms with Crippen molar-refractivity contribution in [2.75, 3.05) is 0 Å². The standard InChI is InChI=1S/C11H14BrNO2S/c1-11(2,3)16(15)13-7-8-4-5-9(12)6-10(8)14/h4-7,14H,1-3H3/b13-7+/t16-/m0/s1. The van der Waals surface area contributed by atoms with E-state index < -0.39 is 11.0 Å². The van der Waals surface area contributed by atoms with Crippen molar-refractivity contribution in [1.29, 1.82) is 0 Å². The van der Waals surface area contributed by atoms with Gasteiger partial charge >= 0.3 is 0 Å². The van der Waals surface area contributed by atoms with Crippen molar-refractivity contribution in [2.45, 2.75) is 25.5 Å². The molecule has 1 atom stereocenters. The maximum absolute atomic E-state index is 11.6. The van der Waals surface area contributed by atoms with Gasteiger partial charge in [0.2, 0.25) is 0 Å². The lowest BCUT2D eigenvalue weighted by atomic mass is 10.2. The molecule has 0 aromatic heterocycles. The normalized spacial score (nSPS) is 14.2. The molecule has 1 N–H and O–H groups in total. The third kappa shape index (κ3) is 3.72. The molecular formula is C11H14BrNO2S. The number of rotatable bonds is 2. The lowest BCUT2D eigenvalue weighted by molar-refractivity contribution is 0.474. The Bertz CT molecular complexity index is 438. The van der Waals surface area contributed by atoms with Crippen LogP contribution in [0.5, 0.6) is 5.75 Å². The summed E-state index contributed by atoms with van der Waals surface area (Å²) < 4.78 is 16.0. The lowest BCUT2D eigenvalue weighted by Gasteiger charge is -2.12. The first-order valence-electron chi connectivity index (χ1n) is 4.75. The summed E-state index contributed by atoms with van der Waals surface area (Å²) in [7, 11) is -1.30. The average Bonchev–Trinajstić information content (AvgIpc) is 2.14. The summed E-state index contributed by atoms with van der Waals surface area (Å²) >= 11 is 3.24. The van der Waals surface area contributed by atoms with Crippen molar-refractivity contribution >= 4 is 33.1 Å². The van der Waals surface area contributed by atoms with Gasteiger partial charge in [-0.25, -0.2) is 4.21 Å². The predicted molar refractivity (Wildman–Crippen MR) is 71.3 cm³/mol. The monoisotopic (exact) mass is 303 g/mol. The number of hydrogen-bond acceptors (Lipinski definition) is 2. The summed E-state index contributed by atoms with van der Waals surface area (Å²) in [5, 5.41) is 9.59. The van der Waals surface area contributed by atoms with E-state index in [9.17, 15) is 9.32 Å². The van der Waals surface area contributed by atoms with Gasteiger partial charge in [-0.2, -0.15) is 4.40 Å². The van der Waals surface area contributed by atoms with Crippen molar-refractivity contribution in [1.82, 2.24) is 0 Å². The van der Waals surface area contributed by atoms with Crippen molar-refractivity contribution in [3.8, 4) is 5.75 Å². The zero-order valence-electron chi connectivity index (χ0n) is 9.40. The Balaban J connectivity index is 2.89. The molecule has 5 heteroatoms. The Morgan fingerprint density at radius 2 is 2.06 bits per heavy atom. The van der Waals surface area contributed by atoms with E-state index in [0.29, 0.717) is 5.56 Å². The molecule has 0 aliphatic rings. The van der Waals surface area contributed by atoms with E-state index in [0.717, 1.165) is 4.47 Å². The second-order valence-electron chi connectivity index (χ2n) is 4.30. The van der Waals surface area contributed by atoms with Gasteiger partial charge in [0.1, 0.15) is 16.7 Å². The Hall–Kier alpha value is -0.680. The molecule has 1 rings (SSSR count). The molecule has 3 nitrogen and oxygen atoms in total. The van der Waals surface area contributed by atoms with Crippen LogP contribution in [0.25, 0.3) is 0 Å². The Labute approximate surface area is 106 Å². The molecule has 0 radical (unpaired) electrons. The van der Waals surface area contributed by atoms with E-state index in [1.807, 2.05) is 20.8 Å². The van der Waals surface area contributed by atoms with Gasteiger partial charge in [0.05, 0.1) is 4.75 Å². The van der Waals surface area contributed by atoms with Crippen LogP contribution in [0.1, 0.15) is 26.3 Å². The first-order chi connectivity index (χ1) is 7.30. The average molecular weight is 304 g/mol. The molecule has 0 bridgehead atoms. The lowest BCUT2D eigenvalue weighted by Crippen LogP contribution is -2.19. The molecule has 88 valence electrons. The van der Waals surface area contributed by atoms with Crippen LogP contribution in [0.15, 0.2) is 27.1 Å². The SMILES string of the molecule is CC(C)(C)[S@](=O)/N=C/c1ccc(Br)cc1O. The van der Waals surface area contributed by atoms with Crippen LogP contribution in [-0.2, 0) is 11.0 Å². The summed E-state index contributed by atoms with van der Waals surface area (Å²) in [6.45, 7) is 5.55. The number of phenols is 1. The molecule has 0 aliphatic heterocycles. The van der Waals surface area contributed by atoms with Crippen molar-refractivity contribution in [3.05, 3.63) is 28.2 Å². The van der Waals surface area contributed by atoms with Crippen LogP contribution in [0.4, 0.5) is 0 Å². The van der Waals surface area contributed by atoms with Gasteiger partial charge in [-0.15, -0.1) is 0 Å². The van der Waals surface area contributed by atoms with E-state index in [4.69, 9.17) is 0 Å². The first-order valence-corrected chi connectivity index (χ1v) is 6.65. The highest BCUT2D eigenvalue weighted by Crippen LogP contribution is 2.21. The molecule has 1 aromatic carbocycles. The zero-order chi connectivity index (χ0) is 12.3. The van der Waals surface area contributed by atoms with Gasteiger partial charge in [-0.3, -0.25) is 0 Å². The van der Waals surface area contributed by atoms with Gasteiger partial charge in [0.15, 0.2) is 0 Å². The summed E-state index contributed by atoms with van der Waals surface area (Å²) in [6.07, 6.45) is 1.43. The third-order valence-electron chi connectivity index (χ3n) is 1.80. The minimum absolute atomic E-state index is 0.115. The van der Waals surface area contributed by atoms with Gasteiger partial charge in [-0.1, -0.05) is 15.9 Å². The summed E-state index contributed by atoms with van der Waals surface area (Å²) in [6, 6.07) is 5.07. The van der Waals surface area contributed by atoms with Crippen LogP contribution in [-0.4, -0.2) is 20.3 Å². The summed E-state index contributed by atoms with van der Waals surface area (Å²) in [5.41, 5.74) is 0.556. The van der Waals surface area contributed by atoms with E-state index in [1.54, 1.807) is 18.2 Å². The summed E-state index contributed by atoms with van der Waals surface area (Å²) in [5.74, 6) is 0.115. The highest BCUT2D eigenvalue weighted by molar-refractivity contribution is 9.10. The topological polar surface area (TPSA) is 49.7 Å². The number of phenolic OH excluding ortho intramolecular Hbond substituents is 1. The Kier molecular flexibility index (Phi) is 4.27. The molecule has 0 aliphatic carbocycles. The fourth-order valence-corrected chi connectivity index (χ4v) is 1.76. The number of hydrogen-bond donors (Lipinski definition) is 1. The summed E-state index contributed by atoms with van der Waals surface area (Å²) in [4.78, 5) is 0. The number of nitrogens with zero attached hydrogens (tertiary/aromatic N) is 1. The van der Waals surface area contributed by atoms with E-state index in [-0.39, 0.29) is 10.5 Å². The quantitative estimate of drug-likeness (QED) is 0.854. The van der Waals surface area contributed by atoms with Crippen LogP contribution < -0.4 is 0 Å². The minimum Gasteiger partial charge on any atom is -0.507 e. The van der Waals surface area contributed by atoms with E-state index in [1.165, 1.54) is 6.21 Å².